The molecular formula is C17H16Cl2N4. The molecule has 2 heterocycles. The lowest BCUT2D eigenvalue weighted by Gasteiger charge is -2.15. The molecule has 6 heteroatoms. The minimum absolute atomic E-state index is 0.154. The van der Waals surface area contributed by atoms with Gasteiger partial charge in [-0.2, -0.15) is 0 Å². The van der Waals surface area contributed by atoms with E-state index in [1.54, 1.807) is 18.2 Å². The number of hydrogen-bond acceptors (Lipinski definition) is 3. The first-order valence-corrected chi connectivity index (χ1v) is 7.96. The summed E-state index contributed by atoms with van der Waals surface area (Å²) >= 11 is 12.1. The number of hydrogen-bond donors (Lipinski definition) is 0. The summed E-state index contributed by atoms with van der Waals surface area (Å²) < 4.78 is 1.92. The first-order chi connectivity index (χ1) is 10.9. The fourth-order valence-electron chi connectivity index (χ4n) is 2.25. The van der Waals surface area contributed by atoms with Gasteiger partial charge in [0, 0.05) is 16.6 Å². The number of imidazole rings is 1. The van der Waals surface area contributed by atoms with Crippen molar-refractivity contribution in [2.45, 2.75) is 26.2 Å². The van der Waals surface area contributed by atoms with E-state index < -0.39 is 0 Å². The average molecular weight is 347 g/mol. The molecule has 0 unspecified atom stereocenters. The Morgan fingerprint density at radius 3 is 2.57 bits per heavy atom. The van der Waals surface area contributed by atoms with E-state index >= 15 is 0 Å². The Morgan fingerprint density at radius 1 is 1.04 bits per heavy atom. The molecule has 0 radical (unpaired) electrons. The van der Waals surface area contributed by atoms with Crippen molar-refractivity contribution in [3.8, 4) is 0 Å². The number of nitrogens with zero attached hydrogens (tertiary/aromatic N) is 4. The maximum atomic E-state index is 6.15. The minimum atomic E-state index is -0.154. The van der Waals surface area contributed by atoms with Crippen molar-refractivity contribution < 1.29 is 0 Å². The van der Waals surface area contributed by atoms with Crippen LogP contribution in [0.3, 0.4) is 0 Å². The Kier molecular flexibility index (Phi) is 4.13. The summed E-state index contributed by atoms with van der Waals surface area (Å²) in [5, 5.41) is 9.77. The third kappa shape index (κ3) is 3.23. The summed E-state index contributed by atoms with van der Waals surface area (Å²) in [7, 11) is 0. The van der Waals surface area contributed by atoms with Crippen LogP contribution in [0.2, 0.25) is 10.0 Å². The van der Waals surface area contributed by atoms with Gasteiger partial charge in [0.25, 0.3) is 0 Å². The van der Waals surface area contributed by atoms with Crippen LogP contribution >= 0.6 is 23.2 Å². The summed E-state index contributed by atoms with van der Waals surface area (Å²) in [5.74, 6) is 0.698. The van der Waals surface area contributed by atoms with Crippen molar-refractivity contribution in [2.75, 3.05) is 0 Å². The number of fused-ring (bicyclic) bond motifs is 1. The molecule has 0 fully saturated rings. The number of benzene rings is 1. The standard InChI is InChI=1S/C17H16Cl2N4/c1-17(2,3)15-16(23-9-5-4-6-14(23)20-15)22-21-13-10-11(18)7-8-12(13)19/h4-10H,1-3H3. The highest BCUT2D eigenvalue weighted by Crippen LogP contribution is 2.34. The summed E-state index contributed by atoms with van der Waals surface area (Å²) in [5.41, 5.74) is 2.09. The highest BCUT2D eigenvalue weighted by molar-refractivity contribution is 6.35. The monoisotopic (exact) mass is 346 g/mol. The Bertz CT molecular complexity index is 891. The maximum absolute atomic E-state index is 6.15. The summed E-state index contributed by atoms with van der Waals surface area (Å²) in [6.07, 6.45) is 1.92. The molecule has 0 amide bonds. The molecular weight excluding hydrogens is 331 g/mol. The first kappa shape index (κ1) is 16.0. The molecule has 0 bridgehead atoms. The molecule has 1 aromatic carbocycles. The molecule has 118 valence electrons. The van der Waals surface area contributed by atoms with Gasteiger partial charge in [-0.05, 0) is 30.3 Å². The van der Waals surface area contributed by atoms with Crippen LogP contribution in [-0.2, 0) is 5.41 Å². The van der Waals surface area contributed by atoms with Gasteiger partial charge in [0.05, 0.1) is 10.7 Å². The van der Waals surface area contributed by atoms with Gasteiger partial charge in [-0.25, -0.2) is 4.98 Å². The zero-order valence-electron chi connectivity index (χ0n) is 13.1. The molecule has 0 N–H and O–H groups in total. The number of aromatic nitrogens is 2. The van der Waals surface area contributed by atoms with Crippen molar-refractivity contribution in [1.82, 2.24) is 9.38 Å². The molecule has 0 spiro atoms. The number of halogens is 2. The van der Waals surface area contributed by atoms with Gasteiger partial charge in [-0.15, -0.1) is 10.2 Å². The predicted molar refractivity (Wildman–Crippen MR) is 94.5 cm³/mol. The van der Waals surface area contributed by atoms with Gasteiger partial charge in [-0.1, -0.05) is 50.0 Å². The van der Waals surface area contributed by atoms with E-state index in [2.05, 4.69) is 36.0 Å². The molecule has 0 atom stereocenters. The summed E-state index contributed by atoms with van der Waals surface area (Å²) in [6.45, 7) is 6.29. The second kappa shape index (κ2) is 5.95. The molecule has 3 aromatic rings. The second-order valence-electron chi connectivity index (χ2n) is 6.26. The van der Waals surface area contributed by atoms with Crippen LogP contribution < -0.4 is 0 Å². The second-order valence-corrected chi connectivity index (χ2v) is 7.10. The predicted octanol–water partition coefficient (Wildman–Crippen LogP) is 6.35. The molecule has 0 saturated carbocycles. The lowest BCUT2D eigenvalue weighted by atomic mass is 9.92. The van der Waals surface area contributed by atoms with Crippen LogP contribution in [0.4, 0.5) is 11.5 Å². The summed E-state index contributed by atoms with van der Waals surface area (Å²) in [6, 6.07) is 10.9. The topological polar surface area (TPSA) is 42.0 Å². The molecule has 23 heavy (non-hydrogen) atoms. The van der Waals surface area contributed by atoms with Crippen molar-refractivity contribution in [1.29, 1.82) is 0 Å². The molecule has 4 nitrogen and oxygen atoms in total. The largest absolute Gasteiger partial charge is 0.283 e. The minimum Gasteiger partial charge on any atom is -0.283 e. The van der Waals surface area contributed by atoms with Crippen LogP contribution in [0.25, 0.3) is 5.65 Å². The normalized spacial score (nSPS) is 12.4. The molecule has 0 aliphatic heterocycles. The number of rotatable bonds is 2. The molecule has 0 aliphatic carbocycles. The molecule has 0 aliphatic rings. The van der Waals surface area contributed by atoms with Crippen LogP contribution in [0.1, 0.15) is 26.5 Å². The maximum Gasteiger partial charge on any atom is 0.183 e. The van der Waals surface area contributed by atoms with Crippen molar-refractivity contribution >= 4 is 40.4 Å². The lowest BCUT2D eigenvalue weighted by molar-refractivity contribution is 0.574. The van der Waals surface area contributed by atoms with Crippen LogP contribution in [-0.4, -0.2) is 9.38 Å². The van der Waals surface area contributed by atoms with Crippen molar-refractivity contribution in [3.63, 3.8) is 0 Å². The van der Waals surface area contributed by atoms with Gasteiger partial charge in [0.15, 0.2) is 5.82 Å². The average Bonchev–Trinajstić information content (AvgIpc) is 2.87. The van der Waals surface area contributed by atoms with Crippen molar-refractivity contribution in [2.24, 2.45) is 10.2 Å². The Morgan fingerprint density at radius 2 is 1.83 bits per heavy atom. The van der Waals surface area contributed by atoms with Gasteiger partial charge in [0.2, 0.25) is 0 Å². The highest BCUT2D eigenvalue weighted by Gasteiger charge is 2.24. The lowest BCUT2D eigenvalue weighted by Crippen LogP contribution is -2.11. The van der Waals surface area contributed by atoms with E-state index in [1.807, 2.05) is 28.8 Å². The fraction of sp³-hybridized carbons (Fsp3) is 0.235. The first-order valence-electron chi connectivity index (χ1n) is 7.20. The SMILES string of the molecule is CC(C)(C)c1nc2ccccn2c1N=Nc1cc(Cl)ccc1Cl. The smallest absolute Gasteiger partial charge is 0.183 e. The quantitative estimate of drug-likeness (QED) is 0.498. The Balaban J connectivity index is 2.15. The number of azo groups is 1. The molecule has 3 rings (SSSR count). The van der Waals surface area contributed by atoms with Gasteiger partial charge in [0.1, 0.15) is 11.3 Å². The van der Waals surface area contributed by atoms with Gasteiger partial charge < -0.3 is 0 Å². The molecule has 0 saturated heterocycles. The number of pyridine rings is 1. The van der Waals surface area contributed by atoms with Gasteiger partial charge in [-0.3, -0.25) is 4.40 Å². The van der Waals surface area contributed by atoms with Crippen molar-refractivity contribution in [3.05, 3.63) is 58.3 Å². The van der Waals surface area contributed by atoms with E-state index in [-0.39, 0.29) is 5.41 Å². The van der Waals surface area contributed by atoms with E-state index in [4.69, 9.17) is 23.2 Å². The van der Waals surface area contributed by atoms with E-state index in [1.165, 1.54) is 0 Å². The van der Waals surface area contributed by atoms with Crippen LogP contribution in [0, 0.1) is 0 Å². The zero-order valence-corrected chi connectivity index (χ0v) is 14.6. The van der Waals surface area contributed by atoms with E-state index in [0.717, 1.165) is 11.3 Å². The van der Waals surface area contributed by atoms with E-state index in [0.29, 0.717) is 21.6 Å². The molecule has 2 aromatic heterocycles. The highest BCUT2D eigenvalue weighted by atomic mass is 35.5. The van der Waals surface area contributed by atoms with E-state index in [9.17, 15) is 0 Å². The zero-order chi connectivity index (χ0) is 16.6. The Labute approximate surface area is 144 Å². The summed E-state index contributed by atoms with van der Waals surface area (Å²) in [4.78, 5) is 4.69. The third-order valence-electron chi connectivity index (χ3n) is 3.38. The van der Waals surface area contributed by atoms with Crippen LogP contribution in [0.15, 0.2) is 52.8 Å². The van der Waals surface area contributed by atoms with Crippen LogP contribution in [0.5, 0.6) is 0 Å². The van der Waals surface area contributed by atoms with Gasteiger partial charge >= 0.3 is 0 Å². The fourth-order valence-corrected chi connectivity index (χ4v) is 2.57. The Hall–Kier alpha value is -1.91. The third-order valence-corrected chi connectivity index (χ3v) is 3.93.